The molecule has 0 aromatic heterocycles. The molecule has 1 N–H and O–H groups in total. The highest BCUT2D eigenvalue weighted by Crippen LogP contribution is 2.61. The fraction of sp³-hybridized carbons (Fsp3) is 0.300. The minimum atomic E-state index is -3.11. The summed E-state index contributed by atoms with van der Waals surface area (Å²) in [5.74, 6) is -7.30. The van der Waals surface area contributed by atoms with Crippen LogP contribution in [0, 0.1) is 5.92 Å². The first-order chi connectivity index (χ1) is 6.94. The lowest BCUT2D eigenvalue weighted by molar-refractivity contribution is -0.140. The highest BCUT2D eigenvalue weighted by molar-refractivity contribution is 9.10. The zero-order valence-corrected chi connectivity index (χ0v) is 9.04. The number of carboxylic acid groups (broad SMARTS) is 1. The highest BCUT2D eigenvalue weighted by atomic mass is 79.9. The summed E-state index contributed by atoms with van der Waals surface area (Å²) in [6, 6.07) is 6.29. The predicted molar refractivity (Wildman–Crippen MR) is 53.0 cm³/mol. The van der Waals surface area contributed by atoms with Crippen molar-refractivity contribution >= 4 is 21.9 Å². The molecule has 80 valence electrons. The van der Waals surface area contributed by atoms with Gasteiger partial charge in [0.2, 0.25) is 0 Å². The third-order valence-electron chi connectivity index (χ3n) is 2.55. The Bertz CT molecular complexity index is 402. The Morgan fingerprint density at radius 1 is 1.33 bits per heavy atom. The lowest BCUT2D eigenvalue weighted by Crippen LogP contribution is -2.04. The number of aliphatic carboxylic acids is 1. The molecule has 0 saturated heterocycles. The summed E-state index contributed by atoms with van der Waals surface area (Å²) < 4.78 is 27.0. The van der Waals surface area contributed by atoms with Gasteiger partial charge in [-0.3, -0.25) is 4.79 Å². The van der Waals surface area contributed by atoms with Crippen LogP contribution in [0.25, 0.3) is 0 Å². The van der Waals surface area contributed by atoms with Gasteiger partial charge in [-0.2, -0.15) is 0 Å². The monoisotopic (exact) mass is 276 g/mol. The van der Waals surface area contributed by atoms with Crippen LogP contribution >= 0.6 is 15.9 Å². The fourth-order valence-corrected chi connectivity index (χ4v) is 1.98. The lowest BCUT2D eigenvalue weighted by atomic mass is 10.1. The maximum atomic E-state index is 13.1. The third kappa shape index (κ3) is 1.65. The Hall–Kier alpha value is -0.970. The van der Waals surface area contributed by atoms with E-state index in [0.717, 1.165) is 4.47 Å². The molecule has 0 unspecified atom stereocenters. The van der Waals surface area contributed by atoms with Crippen molar-refractivity contribution in [1.29, 1.82) is 0 Å². The number of hydrogen-bond acceptors (Lipinski definition) is 1. The summed E-state index contributed by atoms with van der Waals surface area (Å²) >= 11 is 3.18. The summed E-state index contributed by atoms with van der Waals surface area (Å²) in [4.78, 5) is 10.5. The van der Waals surface area contributed by atoms with Crippen molar-refractivity contribution in [1.82, 2.24) is 0 Å². The van der Waals surface area contributed by atoms with Crippen LogP contribution in [0.4, 0.5) is 8.78 Å². The van der Waals surface area contributed by atoms with Crippen LogP contribution in [0.2, 0.25) is 0 Å². The van der Waals surface area contributed by atoms with E-state index in [0.29, 0.717) is 5.56 Å². The third-order valence-corrected chi connectivity index (χ3v) is 3.08. The number of carbonyl (C=O) groups is 1. The number of halogens is 3. The first-order valence-corrected chi connectivity index (χ1v) is 5.10. The van der Waals surface area contributed by atoms with E-state index in [9.17, 15) is 13.6 Å². The summed E-state index contributed by atoms with van der Waals surface area (Å²) in [6.45, 7) is 0. The van der Waals surface area contributed by atoms with Crippen LogP contribution in [0.3, 0.4) is 0 Å². The molecule has 1 fully saturated rings. The molecular weight excluding hydrogens is 270 g/mol. The number of carboxylic acids is 1. The molecule has 0 amide bonds. The van der Waals surface area contributed by atoms with Gasteiger partial charge in [0.15, 0.2) is 0 Å². The summed E-state index contributed by atoms with van der Waals surface area (Å²) in [6.07, 6.45) is 0. The molecule has 0 aliphatic heterocycles. The van der Waals surface area contributed by atoms with E-state index in [1.165, 1.54) is 12.1 Å². The van der Waals surface area contributed by atoms with Gasteiger partial charge in [0, 0.05) is 4.47 Å². The molecule has 2 atom stereocenters. The van der Waals surface area contributed by atoms with Gasteiger partial charge in [-0.25, -0.2) is 8.78 Å². The largest absolute Gasteiger partial charge is 0.481 e. The Labute approximate surface area is 93.0 Å². The lowest BCUT2D eigenvalue weighted by Gasteiger charge is -1.98. The van der Waals surface area contributed by atoms with E-state index in [1.54, 1.807) is 12.1 Å². The zero-order chi connectivity index (χ0) is 11.2. The van der Waals surface area contributed by atoms with Crippen LogP contribution in [0.15, 0.2) is 28.7 Å². The Morgan fingerprint density at radius 3 is 2.27 bits per heavy atom. The van der Waals surface area contributed by atoms with Gasteiger partial charge in [0.25, 0.3) is 5.92 Å². The normalized spacial score (nSPS) is 27.4. The maximum absolute atomic E-state index is 13.1. The van der Waals surface area contributed by atoms with Crippen molar-refractivity contribution < 1.29 is 18.7 Å². The topological polar surface area (TPSA) is 37.3 Å². The van der Waals surface area contributed by atoms with E-state index in [-0.39, 0.29) is 0 Å². The molecule has 1 aromatic rings. The molecule has 2 nitrogen and oxygen atoms in total. The number of hydrogen-bond donors (Lipinski definition) is 1. The Balaban J connectivity index is 2.27. The predicted octanol–water partition coefficient (Wildman–Crippen LogP) is 2.88. The molecule has 15 heavy (non-hydrogen) atoms. The van der Waals surface area contributed by atoms with Crippen LogP contribution < -0.4 is 0 Å². The van der Waals surface area contributed by atoms with Crippen LogP contribution in [-0.4, -0.2) is 17.0 Å². The van der Waals surface area contributed by atoms with E-state index < -0.39 is 23.7 Å². The second-order valence-electron chi connectivity index (χ2n) is 3.52. The molecule has 0 spiro atoms. The fourth-order valence-electron chi connectivity index (χ4n) is 1.72. The molecule has 1 aromatic carbocycles. The van der Waals surface area contributed by atoms with Gasteiger partial charge in [0.05, 0.1) is 5.92 Å². The number of alkyl halides is 2. The Morgan fingerprint density at radius 2 is 1.87 bits per heavy atom. The van der Waals surface area contributed by atoms with Crippen molar-refractivity contribution in [3.05, 3.63) is 34.3 Å². The molecule has 5 heteroatoms. The minimum absolute atomic E-state index is 0.371. The van der Waals surface area contributed by atoms with Crippen LogP contribution in [0.1, 0.15) is 11.5 Å². The van der Waals surface area contributed by atoms with Gasteiger partial charge in [-0.1, -0.05) is 28.1 Å². The van der Waals surface area contributed by atoms with Gasteiger partial charge in [-0.15, -0.1) is 0 Å². The second kappa shape index (κ2) is 3.27. The van der Waals surface area contributed by atoms with Gasteiger partial charge < -0.3 is 5.11 Å². The van der Waals surface area contributed by atoms with Crippen molar-refractivity contribution in [3.63, 3.8) is 0 Å². The van der Waals surface area contributed by atoms with E-state index in [1.807, 2.05) is 0 Å². The van der Waals surface area contributed by atoms with E-state index in [4.69, 9.17) is 5.11 Å². The van der Waals surface area contributed by atoms with Gasteiger partial charge in [-0.05, 0) is 17.7 Å². The van der Waals surface area contributed by atoms with Crippen LogP contribution in [-0.2, 0) is 4.79 Å². The quantitative estimate of drug-likeness (QED) is 0.902. The van der Waals surface area contributed by atoms with E-state index >= 15 is 0 Å². The van der Waals surface area contributed by atoms with Crippen molar-refractivity contribution in [3.8, 4) is 0 Å². The maximum Gasteiger partial charge on any atom is 0.313 e. The summed E-state index contributed by atoms with van der Waals surface area (Å²) in [7, 11) is 0. The highest BCUT2D eigenvalue weighted by Gasteiger charge is 2.72. The molecule has 1 aliphatic carbocycles. The minimum Gasteiger partial charge on any atom is -0.481 e. The summed E-state index contributed by atoms with van der Waals surface area (Å²) in [5.41, 5.74) is 0.371. The van der Waals surface area contributed by atoms with Gasteiger partial charge >= 0.3 is 5.97 Å². The van der Waals surface area contributed by atoms with Crippen molar-refractivity contribution in [2.24, 2.45) is 5.92 Å². The van der Waals surface area contributed by atoms with Crippen molar-refractivity contribution in [2.45, 2.75) is 11.8 Å². The van der Waals surface area contributed by atoms with Gasteiger partial charge in [0.1, 0.15) is 5.92 Å². The second-order valence-corrected chi connectivity index (χ2v) is 4.44. The van der Waals surface area contributed by atoms with Crippen LogP contribution in [0.5, 0.6) is 0 Å². The standard InChI is InChI=1S/C10H7BrF2O2/c11-6-3-1-5(2-4-6)7-8(9(14)15)10(7,12)13/h1-4,7-8H,(H,14,15)/t7-,8+/m0/s1. The SMILES string of the molecule is O=C(O)[C@H]1[C@H](c2ccc(Br)cc2)C1(F)F. The molecule has 0 bridgehead atoms. The molecule has 1 saturated carbocycles. The number of rotatable bonds is 2. The first kappa shape index (κ1) is 10.5. The zero-order valence-electron chi connectivity index (χ0n) is 7.45. The average Bonchev–Trinajstić information content (AvgIpc) is 2.70. The van der Waals surface area contributed by atoms with E-state index in [2.05, 4.69) is 15.9 Å². The molecule has 0 heterocycles. The number of benzene rings is 1. The summed E-state index contributed by atoms with van der Waals surface area (Å²) in [5, 5.41) is 8.59. The molecule has 0 radical (unpaired) electrons. The molecule has 1 aliphatic rings. The Kier molecular flexibility index (Phi) is 2.30. The molecular formula is C10H7BrF2O2. The smallest absolute Gasteiger partial charge is 0.313 e. The average molecular weight is 277 g/mol. The van der Waals surface area contributed by atoms with Crippen molar-refractivity contribution in [2.75, 3.05) is 0 Å². The first-order valence-electron chi connectivity index (χ1n) is 4.30. The molecule has 2 rings (SSSR count).